The first kappa shape index (κ1) is 9.18. The van der Waals surface area contributed by atoms with Crippen LogP contribution in [0.5, 0.6) is 0 Å². The summed E-state index contributed by atoms with van der Waals surface area (Å²) in [5.41, 5.74) is 3.73. The van der Waals surface area contributed by atoms with Crippen molar-refractivity contribution in [2.24, 2.45) is 0 Å². The maximum atomic E-state index is 12.8. The van der Waals surface area contributed by atoms with E-state index in [1.165, 1.54) is 0 Å². The van der Waals surface area contributed by atoms with Crippen molar-refractivity contribution in [3.8, 4) is 0 Å². The van der Waals surface area contributed by atoms with Gasteiger partial charge in [-0.2, -0.15) is 0 Å². The Balaban J connectivity index is 3.40. The zero-order valence-electron chi connectivity index (χ0n) is 5.67. The van der Waals surface area contributed by atoms with E-state index < -0.39 is 28.8 Å². The second kappa shape index (κ2) is 3.22. The van der Waals surface area contributed by atoms with Gasteiger partial charge in [0.1, 0.15) is 11.4 Å². The SMILES string of the molecule is Nc1c(F)cc(F)c(NBr)c1F. The highest BCUT2D eigenvalue weighted by molar-refractivity contribution is 9.10. The molecule has 0 atom stereocenters. The van der Waals surface area contributed by atoms with Crippen molar-refractivity contribution >= 4 is 27.5 Å². The number of anilines is 2. The molecule has 0 saturated carbocycles. The Hall–Kier alpha value is -0.910. The molecule has 0 heterocycles. The maximum absolute atomic E-state index is 12.8. The van der Waals surface area contributed by atoms with E-state index >= 15 is 0 Å². The highest BCUT2D eigenvalue weighted by Crippen LogP contribution is 2.27. The van der Waals surface area contributed by atoms with Gasteiger partial charge in [-0.15, -0.1) is 0 Å². The number of nitrogen functional groups attached to an aromatic ring is 1. The van der Waals surface area contributed by atoms with E-state index in [9.17, 15) is 13.2 Å². The largest absolute Gasteiger partial charge is 0.394 e. The van der Waals surface area contributed by atoms with Gasteiger partial charge in [0.2, 0.25) is 0 Å². The lowest BCUT2D eigenvalue weighted by molar-refractivity contribution is 0.556. The molecule has 1 aromatic carbocycles. The second-order valence-corrected chi connectivity index (χ2v) is 2.43. The molecule has 66 valence electrons. The molecular formula is C6H4BrF3N2. The molecule has 0 amide bonds. The van der Waals surface area contributed by atoms with E-state index in [1.54, 1.807) is 0 Å². The van der Waals surface area contributed by atoms with Crippen LogP contribution in [0.3, 0.4) is 0 Å². The van der Waals surface area contributed by atoms with E-state index in [4.69, 9.17) is 5.73 Å². The van der Waals surface area contributed by atoms with Crippen LogP contribution in [0.2, 0.25) is 0 Å². The van der Waals surface area contributed by atoms with E-state index in [-0.39, 0.29) is 0 Å². The summed E-state index contributed by atoms with van der Waals surface area (Å²) in [6.45, 7) is 0. The van der Waals surface area contributed by atoms with Crippen LogP contribution in [0.1, 0.15) is 0 Å². The zero-order chi connectivity index (χ0) is 9.30. The number of hydrogen-bond acceptors (Lipinski definition) is 2. The van der Waals surface area contributed by atoms with Gasteiger partial charge in [0, 0.05) is 22.2 Å². The van der Waals surface area contributed by atoms with Gasteiger partial charge in [0.15, 0.2) is 17.5 Å². The van der Waals surface area contributed by atoms with Crippen LogP contribution in [0, 0.1) is 17.5 Å². The van der Waals surface area contributed by atoms with Crippen molar-refractivity contribution in [3.05, 3.63) is 23.5 Å². The second-order valence-electron chi connectivity index (χ2n) is 2.04. The average molecular weight is 241 g/mol. The fourth-order valence-electron chi connectivity index (χ4n) is 0.692. The highest BCUT2D eigenvalue weighted by atomic mass is 79.9. The monoisotopic (exact) mass is 240 g/mol. The molecule has 0 radical (unpaired) electrons. The molecule has 0 aromatic heterocycles. The lowest BCUT2D eigenvalue weighted by Gasteiger charge is -2.05. The fraction of sp³-hybridized carbons (Fsp3) is 0. The minimum Gasteiger partial charge on any atom is -0.394 e. The van der Waals surface area contributed by atoms with Gasteiger partial charge in [-0.05, 0) is 0 Å². The van der Waals surface area contributed by atoms with Gasteiger partial charge < -0.3 is 10.1 Å². The third kappa shape index (κ3) is 1.34. The van der Waals surface area contributed by atoms with Crippen LogP contribution in [0.25, 0.3) is 0 Å². The van der Waals surface area contributed by atoms with Gasteiger partial charge in [0.05, 0.1) is 0 Å². The number of rotatable bonds is 1. The van der Waals surface area contributed by atoms with Gasteiger partial charge in [-0.3, -0.25) is 0 Å². The summed E-state index contributed by atoms with van der Waals surface area (Å²) in [7, 11) is 0. The van der Waals surface area contributed by atoms with Gasteiger partial charge in [-0.25, -0.2) is 13.2 Å². The molecule has 1 rings (SSSR count). The minimum atomic E-state index is -1.15. The standard InChI is InChI=1S/C6H4BrF3N2/c7-12-6-3(9)1-2(8)5(11)4(6)10/h1,12H,11H2. The summed E-state index contributed by atoms with van der Waals surface area (Å²) >= 11 is 2.61. The first-order valence-corrected chi connectivity index (χ1v) is 3.66. The molecule has 0 unspecified atom stereocenters. The molecule has 0 bridgehead atoms. The lowest BCUT2D eigenvalue weighted by atomic mass is 10.2. The fourth-order valence-corrected chi connectivity index (χ4v) is 1.06. The van der Waals surface area contributed by atoms with Gasteiger partial charge in [0.25, 0.3) is 0 Å². The van der Waals surface area contributed by atoms with Crippen LogP contribution >= 0.6 is 16.1 Å². The Bertz CT molecular complexity index is 316. The topological polar surface area (TPSA) is 38.0 Å². The molecule has 0 aliphatic carbocycles. The van der Waals surface area contributed by atoms with E-state index in [0.717, 1.165) is 0 Å². The Labute approximate surface area is 74.9 Å². The molecule has 12 heavy (non-hydrogen) atoms. The summed E-state index contributed by atoms with van der Waals surface area (Å²) in [6.07, 6.45) is 0. The number of halogens is 4. The van der Waals surface area contributed by atoms with E-state index in [1.807, 2.05) is 4.34 Å². The van der Waals surface area contributed by atoms with Crippen molar-refractivity contribution in [1.29, 1.82) is 0 Å². The van der Waals surface area contributed by atoms with Crippen LogP contribution in [0.15, 0.2) is 6.07 Å². The molecule has 0 fully saturated rings. The predicted molar refractivity (Wildman–Crippen MR) is 43.3 cm³/mol. The Kier molecular flexibility index (Phi) is 2.46. The Morgan fingerprint density at radius 3 is 2.33 bits per heavy atom. The summed E-state index contributed by atoms with van der Waals surface area (Å²) < 4.78 is 40.0. The summed E-state index contributed by atoms with van der Waals surface area (Å²) in [5.74, 6) is -3.31. The predicted octanol–water partition coefficient (Wildman–Crippen LogP) is 2.41. The van der Waals surface area contributed by atoms with Crippen molar-refractivity contribution in [2.45, 2.75) is 0 Å². The number of hydrogen-bond donors (Lipinski definition) is 2. The Morgan fingerprint density at radius 2 is 1.83 bits per heavy atom. The first-order valence-electron chi connectivity index (χ1n) is 2.87. The third-order valence-electron chi connectivity index (χ3n) is 1.30. The normalized spacial score (nSPS) is 10.0. The first-order chi connectivity index (χ1) is 5.57. The minimum absolute atomic E-state index is 0.502. The number of benzene rings is 1. The molecule has 2 nitrogen and oxygen atoms in total. The van der Waals surface area contributed by atoms with Crippen LogP contribution in [-0.4, -0.2) is 0 Å². The van der Waals surface area contributed by atoms with Crippen molar-refractivity contribution in [1.82, 2.24) is 0 Å². The maximum Gasteiger partial charge on any atom is 0.175 e. The molecule has 0 aliphatic rings. The smallest absolute Gasteiger partial charge is 0.175 e. The third-order valence-corrected chi connectivity index (χ3v) is 1.70. The average Bonchev–Trinajstić information content (AvgIpc) is 2.01. The highest BCUT2D eigenvalue weighted by Gasteiger charge is 2.15. The van der Waals surface area contributed by atoms with E-state index in [0.29, 0.717) is 6.07 Å². The Morgan fingerprint density at radius 1 is 1.25 bits per heavy atom. The molecule has 3 N–H and O–H groups in total. The van der Waals surface area contributed by atoms with Gasteiger partial charge in [-0.1, -0.05) is 0 Å². The summed E-state index contributed by atoms with van der Waals surface area (Å²) in [6, 6.07) is 0.502. The molecule has 1 aromatic rings. The van der Waals surface area contributed by atoms with Crippen molar-refractivity contribution in [2.75, 3.05) is 10.1 Å². The quantitative estimate of drug-likeness (QED) is 0.585. The summed E-state index contributed by atoms with van der Waals surface area (Å²) in [4.78, 5) is 0. The summed E-state index contributed by atoms with van der Waals surface area (Å²) in [5, 5.41) is 0. The van der Waals surface area contributed by atoms with Crippen molar-refractivity contribution in [3.63, 3.8) is 0 Å². The van der Waals surface area contributed by atoms with Crippen molar-refractivity contribution < 1.29 is 13.2 Å². The van der Waals surface area contributed by atoms with Crippen LogP contribution < -0.4 is 10.1 Å². The van der Waals surface area contributed by atoms with Gasteiger partial charge >= 0.3 is 0 Å². The zero-order valence-corrected chi connectivity index (χ0v) is 7.25. The molecule has 6 heteroatoms. The number of nitrogens with one attached hydrogen (secondary N) is 1. The van der Waals surface area contributed by atoms with Crippen LogP contribution in [-0.2, 0) is 0 Å². The molecule has 0 saturated heterocycles. The molecular weight excluding hydrogens is 237 g/mol. The lowest BCUT2D eigenvalue weighted by Crippen LogP contribution is -2.01. The molecule has 0 aliphatic heterocycles. The number of nitrogens with two attached hydrogens (primary N) is 1. The van der Waals surface area contributed by atoms with E-state index in [2.05, 4.69) is 16.1 Å². The van der Waals surface area contributed by atoms with Crippen LogP contribution in [0.4, 0.5) is 24.5 Å². The molecule has 0 spiro atoms.